The van der Waals surface area contributed by atoms with Crippen LogP contribution < -0.4 is 21.3 Å². The second kappa shape index (κ2) is 28.9. The number of aromatic nitrogens is 2. The lowest BCUT2D eigenvalue weighted by Crippen LogP contribution is -2.25. The van der Waals surface area contributed by atoms with E-state index in [1.807, 2.05) is 91.0 Å². The molecule has 2 aromatic heterocycles. The van der Waals surface area contributed by atoms with Gasteiger partial charge in [0, 0.05) is 101 Å². The molecule has 0 saturated heterocycles. The van der Waals surface area contributed by atoms with E-state index in [0.29, 0.717) is 55.9 Å². The number of nitriles is 4. The lowest BCUT2D eigenvalue weighted by molar-refractivity contribution is 0.756. The average molecular weight is 1410 g/mol. The fraction of sp³-hybridized carbons (Fsp3) is 0.0200. The van der Waals surface area contributed by atoms with E-state index in [9.17, 15) is 21.0 Å². The summed E-state index contributed by atoms with van der Waals surface area (Å²) >= 11 is 0. The van der Waals surface area contributed by atoms with Crippen LogP contribution in [0.3, 0.4) is 0 Å². The van der Waals surface area contributed by atoms with Crippen LogP contribution in [0.5, 0.6) is 0 Å². The summed E-state index contributed by atoms with van der Waals surface area (Å²) < 4.78 is 4.64. The van der Waals surface area contributed by atoms with Crippen LogP contribution in [0, 0.1) is 45.3 Å². The highest BCUT2D eigenvalue weighted by molar-refractivity contribution is 6.17. The highest BCUT2D eigenvalue weighted by Crippen LogP contribution is 2.54. The van der Waals surface area contributed by atoms with Crippen molar-refractivity contribution in [3.05, 3.63) is 392 Å². The van der Waals surface area contributed by atoms with Gasteiger partial charge in [-0.3, -0.25) is 0 Å². The molecule has 1 aliphatic carbocycles. The van der Waals surface area contributed by atoms with E-state index in [0.717, 1.165) is 128 Å². The Kier molecular flexibility index (Phi) is 17.5. The number of rotatable bonds is 17. The number of anilines is 7. The Bertz CT molecular complexity index is 6530. The van der Waals surface area contributed by atoms with E-state index in [4.69, 9.17) is 0 Å². The monoisotopic (exact) mass is 1410 g/mol. The number of fused-ring (bicyclic) bond motifs is 6. The van der Waals surface area contributed by atoms with Crippen LogP contribution in [0.1, 0.15) is 33.7 Å². The molecule has 10 heteroatoms. The number of nitrogens with zero attached hydrogens (tertiary/aromatic N) is 6. The molecule has 2 atom stereocenters. The molecule has 2 heterocycles. The topological polar surface area (TPSA) is 153 Å². The van der Waals surface area contributed by atoms with E-state index in [1.54, 1.807) is 0 Å². The molecule has 1 aliphatic rings. The molecule has 0 radical (unpaired) electrons. The third-order valence-electron chi connectivity index (χ3n) is 21.0. The van der Waals surface area contributed by atoms with Gasteiger partial charge in [0.25, 0.3) is 0 Å². The first-order valence-electron chi connectivity index (χ1n) is 36.6. The Hall–Kier alpha value is -15.5. The lowest BCUT2D eigenvalue weighted by atomic mass is 9.83. The van der Waals surface area contributed by atoms with Crippen molar-refractivity contribution >= 4 is 83.4 Å². The molecule has 17 aromatic rings. The summed E-state index contributed by atoms with van der Waals surface area (Å²) in [4.78, 5) is 0. The van der Waals surface area contributed by atoms with Crippen LogP contribution in [0.2, 0.25) is 0 Å². The molecule has 0 saturated carbocycles. The van der Waals surface area contributed by atoms with Crippen molar-refractivity contribution in [1.82, 2.24) is 9.13 Å². The van der Waals surface area contributed by atoms with Gasteiger partial charge in [0.15, 0.2) is 0 Å². The smallest absolute Gasteiger partial charge is 0.101 e. The molecule has 0 fully saturated rings. The van der Waals surface area contributed by atoms with Gasteiger partial charge < -0.3 is 30.4 Å². The molecule has 110 heavy (non-hydrogen) atoms. The molecule has 4 N–H and O–H groups in total. The Morgan fingerprint density at radius 1 is 0.273 bits per heavy atom. The van der Waals surface area contributed by atoms with Gasteiger partial charge in [-0.1, -0.05) is 237 Å². The number of hydrogen-bond acceptors (Lipinski definition) is 8. The van der Waals surface area contributed by atoms with Gasteiger partial charge in [0.05, 0.1) is 79.9 Å². The van der Waals surface area contributed by atoms with Gasteiger partial charge >= 0.3 is 0 Å². The van der Waals surface area contributed by atoms with Crippen molar-refractivity contribution < 1.29 is 0 Å². The van der Waals surface area contributed by atoms with E-state index >= 15 is 0 Å². The van der Waals surface area contributed by atoms with Crippen molar-refractivity contribution in [2.45, 2.75) is 12.0 Å². The molecule has 2 unspecified atom stereocenters. The minimum Gasteiger partial charge on any atom is -0.378 e. The van der Waals surface area contributed by atoms with Gasteiger partial charge in [-0.2, -0.15) is 21.0 Å². The van der Waals surface area contributed by atoms with Crippen molar-refractivity contribution in [2.24, 2.45) is 0 Å². The molecule has 0 bridgehead atoms. The molecule has 18 rings (SSSR count). The van der Waals surface area contributed by atoms with Gasteiger partial charge in [-0.05, 0) is 166 Å². The second-order valence-electron chi connectivity index (χ2n) is 27.5. The Morgan fingerprint density at radius 3 is 0.955 bits per heavy atom. The quantitative estimate of drug-likeness (QED) is 0.0703. The number of allylic oxidation sites excluding steroid dienone is 2. The summed E-state index contributed by atoms with van der Waals surface area (Å²) in [6, 6.07) is 126. The maximum Gasteiger partial charge on any atom is 0.101 e. The molecule has 10 nitrogen and oxygen atoms in total. The van der Waals surface area contributed by atoms with Crippen LogP contribution in [-0.4, -0.2) is 15.2 Å². The van der Waals surface area contributed by atoms with Crippen LogP contribution in [0.25, 0.3) is 122 Å². The molecule has 516 valence electrons. The van der Waals surface area contributed by atoms with Crippen LogP contribution in [-0.2, 0) is 0 Å². The Balaban J connectivity index is 0.964. The average Bonchev–Trinajstić information content (AvgIpc) is 1.36. The first-order valence-corrected chi connectivity index (χ1v) is 36.6. The minimum absolute atomic E-state index is 0.0420. The molecule has 0 amide bonds. The summed E-state index contributed by atoms with van der Waals surface area (Å²) in [5, 5.41) is 63.9. The maximum absolute atomic E-state index is 12.8. The van der Waals surface area contributed by atoms with Crippen molar-refractivity contribution in [1.29, 1.82) is 21.0 Å². The summed E-state index contributed by atoms with van der Waals surface area (Å²) in [5.41, 5.74) is 24.3. The van der Waals surface area contributed by atoms with E-state index < -0.39 is 0 Å². The molecule has 15 aromatic carbocycles. The van der Waals surface area contributed by atoms with Gasteiger partial charge in [-0.15, -0.1) is 0 Å². The molecule has 0 aliphatic heterocycles. The molecular formula is C100H66N10. The summed E-state index contributed by atoms with van der Waals surface area (Å²) in [6.45, 7) is 0. The minimum atomic E-state index is -0.0958. The van der Waals surface area contributed by atoms with Crippen LogP contribution in [0.4, 0.5) is 39.8 Å². The zero-order chi connectivity index (χ0) is 74.0. The van der Waals surface area contributed by atoms with Crippen LogP contribution in [0.15, 0.2) is 364 Å². The number of para-hydroxylation sites is 3. The van der Waals surface area contributed by atoms with Gasteiger partial charge in [0.2, 0.25) is 0 Å². The number of benzene rings is 15. The zero-order valence-corrected chi connectivity index (χ0v) is 59.5. The highest BCUT2D eigenvalue weighted by Gasteiger charge is 2.33. The predicted molar refractivity (Wildman–Crippen MR) is 451 cm³/mol. The normalized spacial score (nSPS) is 13.0. The molecule has 0 spiro atoms. The number of nitrogens with one attached hydrogen (secondary N) is 4. The number of hydrogen-bond donors (Lipinski definition) is 4. The Morgan fingerprint density at radius 2 is 0.591 bits per heavy atom. The third kappa shape index (κ3) is 12.4. The lowest BCUT2D eigenvalue weighted by Gasteiger charge is -2.28. The standard InChI is InChI=1S/C100H66N10/c101-61-65-37-43-72(44-38-65)96-87(64-104)97(73-45-39-66(62-102)40-46-73)100(110-94-55-51-77(107-90-35-19-15-31-81(90)70-25-9-3-10-26-70)59-85(94)86-60-78(52-56-95(86)110)108-91-36-20-16-32-82(91)71-27-11-4-12-28-71)98(74-47-41-67(63-103)42-48-74)99(96)109-92-53-49-75(105-88-33-17-13-29-79(88)68-21-5-1-6-22-68)57-83(92)84-58-76(50-54-93(84)109)106-89-34-18-14-30-80(89)69-23-7-2-8-24-69/h1-60,79,88,105-108H. The predicted octanol–water partition coefficient (Wildman–Crippen LogP) is 25.3. The van der Waals surface area contributed by atoms with E-state index in [1.165, 1.54) is 5.56 Å². The zero-order valence-electron chi connectivity index (χ0n) is 59.5. The highest BCUT2D eigenvalue weighted by atomic mass is 15.0. The largest absolute Gasteiger partial charge is 0.378 e. The summed E-state index contributed by atoms with van der Waals surface area (Å²) in [5.74, 6) is 0.0420. The fourth-order valence-corrected chi connectivity index (χ4v) is 15.9. The van der Waals surface area contributed by atoms with Gasteiger partial charge in [0.1, 0.15) is 6.07 Å². The summed E-state index contributed by atoms with van der Waals surface area (Å²) in [7, 11) is 0. The Labute approximate surface area is 637 Å². The van der Waals surface area contributed by atoms with E-state index in [2.05, 4.69) is 328 Å². The molecular weight excluding hydrogens is 1340 g/mol. The van der Waals surface area contributed by atoms with Crippen molar-refractivity contribution in [2.75, 3.05) is 21.3 Å². The van der Waals surface area contributed by atoms with E-state index in [-0.39, 0.29) is 12.0 Å². The summed E-state index contributed by atoms with van der Waals surface area (Å²) in [6.07, 6.45) is 8.71. The van der Waals surface area contributed by atoms with Gasteiger partial charge in [-0.25, -0.2) is 0 Å². The first-order chi connectivity index (χ1) is 54.4. The first kappa shape index (κ1) is 66.5. The van der Waals surface area contributed by atoms with Crippen molar-refractivity contribution in [3.63, 3.8) is 0 Å². The maximum atomic E-state index is 12.8. The fourth-order valence-electron chi connectivity index (χ4n) is 15.9. The SMILES string of the molecule is N#Cc1ccc(-c2c(C#N)c(-c3ccc(C#N)cc3)c(-n3c4ccc(Nc5ccccc5-c5ccccc5)cc4c4cc(NC5C=CC=CC5c5ccccc5)ccc43)c(-c3ccc(C#N)cc3)c2-n2c3ccc(Nc4ccccc4-c4ccccc4)cc3c3cc(Nc4ccccc4-c4ccccc4)ccc32)cc1. The van der Waals surface area contributed by atoms with Crippen molar-refractivity contribution in [3.8, 4) is 102 Å². The third-order valence-corrected chi connectivity index (χ3v) is 21.0. The van der Waals surface area contributed by atoms with Crippen LogP contribution >= 0.6 is 0 Å². The second-order valence-corrected chi connectivity index (χ2v) is 27.5.